The molecule has 3 rings (SSSR count). The molecule has 0 aromatic heterocycles. The van der Waals surface area contributed by atoms with E-state index in [1.54, 1.807) is 36.4 Å². The topological polar surface area (TPSA) is 84.9 Å². The summed E-state index contributed by atoms with van der Waals surface area (Å²) in [6.45, 7) is 1.17. The molecule has 0 bridgehead atoms. The van der Waals surface area contributed by atoms with Gasteiger partial charge < -0.3 is 14.8 Å². The van der Waals surface area contributed by atoms with E-state index < -0.39 is 42.1 Å². The second-order valence-corrected chi connectivity index (χ2v) is 8.17. The molecule has 188 valence electrons. The number of halogens is 3. The Morgan fingerprint density at radius 3 is 2.14 bits per heavy atom. The number of carbonyl (C=O) groups is 3. The fourth-order valence-corrected chi connectivity index (χ4v) is 3.96. The molecule has 0 radical (unpaired) electrons. The molecule has 2 atom stereocenters. The normalized spacial score (nSPS) is 17.4. The number of carbonyl (C=O) groups excluding carboxylic acids is 3. The minimum absolute atomic E-state index is 0.0478. The van der Waals surface area contributed by atoms with E-state index in [9.17, 15) is 27.6 Å². The Bertz CT molecular complexity index is 1020. The van der Waals surface area contributed by atoms with Crippen molar-refractivity contribution >= 4 is 18.0 Å². The molecular formula is C25H27F3N2O5. The molecule has 0 unspecified atom stereocenters. The maximum Gasteiger partial charge on any atom is 0.422 e. The summed E-state index contributed by atoms with van der Waals surface area (Å²) >= 11 is 0. The second kappa shape index (κ2) is 11.2. The Balaban J connectivity index is 1.82. The number of hydrogen-bond acceptors (Lipinski definition) is 5. The van der Waals surface area contributed by atoms with E-state index in [-0.39, 0.29) is 31.7 Å². The molecule has 7 nitrogen and oxygen atoms in total. The molecule has 1 heterocycles. The minimum Gasteiger partial charge on any atom is -0.464 e. The van der Waals surface area contributed by atoms with E-state index in [1.165, 1.54) is 31.2 Å². The Morgan fingerprint density at radius 1 is 0.971 bits per heavy atom. The third-order valence-electron chi connectivity index (χ3n) is 5.75. The third-order valence-corrected chi connectivity index (χ3v) is 5.75. The molecule has 0 spiro atoms. The first kappa shape index (κ1) is 26.1. The maximum absolute atomic E-state index is 14.4. The Kier molecular flexibility index (Phi) is 8.37. The number of rotatable bonds is 8. The van der Waals surface area contributed by atoms with Gasteiger partial charge in [-0.1, -0.05) is 60.7 Å². The third kappa shape index (κ3) is 6.12. The van der Waals surface area contributed by atoms with E-state index in [0.717, 1.165) is 10.5 Å². The summed E-state index contributed by atoms with van der Waals surface area (Å²) < 4.78 is 53.3. The van der Waals surface area contributed by atoms with Gasteiger partial charge in [-0.15, -0.1) is 0 Å². The predicted molar refractivity (Wildman–Crippen MR) is 120 cm³/mol. The van der Waals surface area contributed by atoms with Crippen molar-refractivity contribution in [2.45, 2.75) is 50.6 Å². The number of hydrogen-bond donors (Lipinski definition) is 1. The summed E-state index contributed by atoms with van der Waals surface area (Å²) in [6.07, 6.45) is -6.30. The van der Waals surface area contributed by atoms with Crippen LogP contribution in [0, 0.1) is 0 Å². The van der Waals surface area contributed by atoms with Crippen LogP contribution in [0.15, 0.2) is 60.7 Å². The van der Waals surface area contributed by atoms with Gasteiger partial charge in [0, 0.05) is 13.0 Å². The fraction of sp³-hybridized carbons (Fsp3) is 0.400. The number of alkyl halides is 3. The first-order valence-corrected chi connectivity index (χ1v) is 11.2. The predicted octanol–water partition coefficient (Wildman–Crippen LogP) is 4.01. The number of benzene rings is 2. The zero-order valence-corrected chi connectivity index (χ0v) is 19.2. The Labute approximate surface area is 201 Å². The first-order valence-electron chi connectivity index (χ1n) is 11.2. The van der Waals surface area contributed by atoms with Crippen LogP contribution in [-0.4, -0.2) is 53.8 Å². The molecule has 2 aromatic rings. The fourth-order valence-electron chi connectivity index (χ4n) is 3.96. The minimum atomic E-state index is -5.16. The average Bonchev–Trinajstić information content (AvgIpc) is 3.33. The quantitative estimate of drug-likeness (QED) is 0.563. The van der Waals surface area contributed by atoms with Crippen LogP contribution < -0.4 is 5.32 Å². The molecule has 1 aliphatic heterocycles. The highest BCUT2D eigenvalue weighted by molar-refractivity contribution is 5.93. The molecule has 1 N–H and O–H groups in total. The Hall–Kier alpha value is -3.56. The molecule has 1 aliphatic rings. The summed E-state index contributed by atoms with van der Waals surface area (Å²) in [5.74, 6) is -2.71. The number of ether oxygens (including phenoxy) is 2. The van der Waals surface area contributed by atoms with Gasteiger partial charge in [0.2, 0.25) is 11.4 Å². The lowest BCUT2D eigenvalue weighted by Crippen LogP contribution is -2.68. The SMILES string of the molecule is CCOC(=O)[C@@](Cc1ccccc1)(NC(=O)[C@@H]1CCCN1C(=O)OCc1ccccc1)C(F)(F)F. The molecular weight excluding hydrogens is 465 g/mol. The van der Waals surface area contributed by atoms with Gasteiger partial charge >= 0.3 is 18.2 Å². The van der Waals surface area contributed by atoms with Crippen LogP contribution in [0.2, 0.25) is 0 Å². The monoisotopic (exact) mass is 492 g/mol. The summed E-state index contributed by atoms with van der Waals surface area (Å²) in [5.41, 5.74) is -2.41. The zero-order chi connectivity index (χ0) is 25.5. The van der Waals surface area contributed by atoms with Crippen molar-refractivity contribution in [3.8, 4) is 0 Å². The lowest BCUT2D eigenvalue weighted by Gasteiger charge is -2.36. The van der Waals surface area contributed by atoms with Crippen LogP contribution in [-0.2, 0) is 32.1 Å². The molecule has 10 heteroatoms. The first-order chi connectivity index (χ1) is 16.7. The van der Waals surface area contributed by atoms with Crippen LogP contribution in [0.1, 0.15) is 30.9 Å². The molecule has 1 saturated heterocycles. The van der Waals surface area contributed by atoms with Crippen molar-refractivity contribution in [1.82, 2.24) is 10.2 Å². The highest BCUT2D eigenvalue weighted by atomic mass is 19.4. The summed E-state index contributed by atoms with van der Waals surface area (Å²) in [4.78, 5) is 39.5. The summed E-state index contributed by atoms with van der Waals surface area (Å²) in [5, 5.41) is 1.92. The van der Waals surface area contributed by atoms with E-state index in [1.807, 2.05) is 5.32 Å². The van der Waals surface area contributed by atoms with Gasteiger partial charge in [-0.05, 0) is 30.9 Å². The van der Waals surface area contributed by atoms with Gasteiger partial charge in [-0.2, -0.15) is 13.2 Å². The van der Waals surface area contributed by atoms with Crippen molar-refractivity contribution in [2.75, 3.05) is 13.2 Å². The van der Waals surface area contributed by atoms with Crippen molar-refractivity contribution in [3.05, 3.63) is 71.8 Å². The molecule has 1 fully saturated rings. The van der Waals surface area contributed by atoms with Gasteiger partial charge in [-0.25, -0.2) is 9.59 Å². The lowest BCUT2D eigenvalue weighted by atomic mass is 9.89. The zero-order valence-electron chi connectivity index (χ0n) is 19.2. The summed E-state index contributed by atoms with van der Waals surface area (Å²) in [6, 6.07) is 15.2. The highest BCUT2D eigenvalue weighted by Gasteiger charge is 2.63. The number of amides is 2. The molecule has 2 aromatic carbocycles. The molecule has 35 heavy (non-hydrogen) atoms. The molecule has 0 saturated carbocycles. The van der Waals surface area contributed by atoms with Gasteiger partial charge in [0.05, 0.1) is 6.61 Å². The van der Waals surface area contributed by atoms with Gasteiger partial charge in [-0.3, -0.25) is 9.69 Å². The second-order valence-electron chi connectivity index (χ2n) is 8.17. The van der Waals surface area contributed by atoms with Crippen molar-refractivity contribution in [1.29, 1.82) is 0 Å². The lowest BCUT2D eigenvalue weighted by molar-refractivity contribution is -0.214. The van der Waals surface area contributed by atoms with Crippen molar-refractivity contribution < 1.29 is 37.0 Å². The van der Waals surface area contributed by atoms with Gasteiger partial charge in [0.15, 0.2) is 0 Å². The van der Waals surface area contributed by atoms with Crippen LogP contribution in [0.25, 0.3) is 0 Å². The molecule has 2 amide bonds. The van der Waals surface area contributed by atoms with Crippen molar-refractivity contribution in [2.24, 2.45) is 0 Å². The van der Waals surface area contributed by atoms with Gasteiger partial charge in [0.25, 0.3) is 0 Å². The average molecular weight is 492 g/mol. The van der Waals surface area contributed by atoms with Crippen LogP contribution >= 0.6 is 0 Å². The van der Waals surface area contributed by atoms with Gasteiger partial charge in [0.1, 0.15) is 12.6 Å². The molecule has 0 aliphatic carbocycles. The van der Waals surface area contributed by atoms with E-state index in [4.69, 9.17) is 9.47 Å². The number of esters is 1. The standard InChI is InChI=1S/C25H27F3N2O5/c1-2-34-22(32)24(25(26,27)28,16-18-10-5-3-6-11-18)29-21(31)20-14-9-15-30(20)23(33)35-17-19-12-7-4-8-13-19/h3-8,10-13,20H,2,9,14-17H2,1H3,(H,29,31)/t20-,24+/m0/s1. The Morgan fingerprint density at radius 2 is 1.57 bits per heavy atom. The highest BCUT2D eigenvalue weighted by Crippen LogP contribution is 2.35. The van der Waals surface area contributed by atoms with Crippen LogP contribution in [0.4, 0.5) is 18.0 Å². The maximum atomic E-state index is 14.4. The number of nitrogens with zero attached hydrogens (tertiary/aromatic N) is 1. The van der Waals surface area contributed by atoms with E-state index in [0.29, 0.717) is 6.42 Å². The smallest absolute Gasteiger partial charge is 0.422 e. The number of nitrogens with one attached hydrogen (secondary N) is 1. The van der Waals surface area contributed by atoms with Crippen LogP contribution in [0.3, 0.4) is 0 Å². The van der Waals surface area contributed by atoms with Crippen LogP contribution in [0.5, 0.6) is 0 Å². The largest absolute Gasteiger partial charge is 0.464 e. The van der Waals surface area contributed by atoms with Crippen molar-refractivity contribution in [3.63, 3.8) is 0 Å². The van der Waals surface area contributed by atoms with E-state index in [2.05, 4.69) is 0 Å². The number of likely N-dealkylation sites (tertiary alicyclic amines) is 1. The van der Waals surface area contributed by atoms with E-state index >= 15 is 0 Å². The summed E-state index contributed by atoms with van der Waals surface area (Å²) in [7, 11) is 0.